The Morgan fingerprint density at radius 2 is 2.07 bits per heavy atom. The Balaban J connectivity index is 1.70. The van der Waals surface area contributed by atoms with Gasteiger partial charge in [0.15, 0.2) is 0 Å². The highest BCUT2D eigenvalue weighted by Crippen LogP contribution is 2.36. The number of nitrogens with two attached hydrogens (primary N) is 1. The van der Waals surface area contributed by atoms with E-state index in [1.165, 1.54) is 0 Å². The fourth-order valence-electron chi connectivity index (χ4n) is 3.44. The van der Waals surface area contributed by atoms with E-state index >= 15 is 0 Å². The van der Waals surface area contributed by atoms with Gasteiger partial charge in [-0.05, 0) is 24.3 Å². The number of dihydropyridines is 1. The smallest absolute Gasteiger partial charge is 0.238 e. The zero-order valence-corrected chi connectivity index (χ0v) is 15.7. The SMILES string of the molecule is COC1=CC2N=CC3=C(C2=C1)N(Cc1c(F)cc(S(N)(=O)=O)cc1F)COC3. The number of nitrogens with zero attached hydrogens (tertiary/aromatic N) is 2. The molecule has 148 valence electrons. The van der Waals surface area contributed by atoms with Crippen molar-refractivity contribution < 1.29 is 26.7 Å². The second-order valence-corrected chi connectivity index (χ2v) is 8.12. The predicted octanol–water partition coefficient (Wildman–Crippen LogP) is 1.58. The van der Waals surface area contributed by atoms with Gasteiger partial charge in [0.1, 0.15) is 24.1 Å². The molecule has 2 heterocycles. The Hall–Kier alpha value is -2.56. The topological polar surface area (TPSA) is 94.2 Å². The molecule has 1 aliphatic carbocycles. The number of ether oxygens (including phenoxy) is 2. The van der Waals surface area contributed by atoms with Crippen LogP contribution in [0.2, 0.25) is 0 Å². The van der Waals surface area contributed by atoms with Crippen LogP contribution in [0.15, 0.2) is 56.8 Å². The summed E-state index contributed by atoms with van der Waals surface area (Å²) in [6.07, 6.45) is 5.38. The molecule has 1 aromatic rings. The van der Waals surface area contributed by atoms with E-state index in [-0.39, 0.29) is 24.9 Å². The number of hydrogen-bond donors (Lipinski definition) is 1. The van der Waals surface area contributed by atoms with E-state index in [2.05, 4.69) is 4.99 Å². The molecule has 0 amide bonds. The molecule has 1 unspecified atom stereocenters. The van der Waals surface area contributed by atoms with Crippen LogP contribution in [0.25, 0.3) is 0 Å². The summed E-state index contributed by atoms with van der Waals surface area (Å²) in [6.45, 7) is 0.299. The van der Waals surface area contributed by atoms with Gasteiger partial charge in [0.05, 0.1) is 36.9 Å². The second kappa shape index (κ2) is 6.80. The summed E-state index contributed by atoms with van der Waals surface area (Å²) in [5.74, 6) is -1.32. The number of rotatable bonds is 4. The quantitative estimate of drug-likeness (QED) is 0.815. The molecule has 0 aromatic heterocycles. The molecule has 0 spiro atoms. The van der Waals surface area contributed by atoms with Crippen molar-refractivity contribution in [3.63, 3.8) is 0 Å². The average Bonchev–Trinajstić information content (AvgIpc) is 3.07. The Kier molecular flexibility index (Phi) is 4.56. The number of sulfonamides is 1. The Labute approximate surface area is 160 Å². The summed E-state index contributed by atoms with van der Waals surface area (Å²) in [6, 6.07) is 1.21. The van der Waals surface area contributed by atoms with Gasteiger partial charge in [0.2, 0.25) is 10.0 Å². The number of aliphatic imine (C=N–C) groups is 1. The third-order valence-electron chi connectivity index (χ3n) is 4.76. The number of primary sulfonamides is 1. The Morgan fingerprint density at radius 1 is 1.36 bits per heavy atom. The first-order valence-electron chi connectivity index (χ1n) is 8.35. The van der Waals surface area contributed by atoms with E-state index in [9.17, 15) is 17.2 Å². The lowest BCUT2D eigenvalue weighted by molar-refractivity contribution is 0.0396. The molecule has 0 saturated carbocycles. The summed E-state index contributed by atoms with van der Waals surface area (Å²) in [5.41, 5.74) is 2.16. The summed E-state index contributed by atoms with van der Waals surface area (Å²) in [5, 5.41) is 4.96. The highest BCUT2D eigenvalue weighted by Gasteiger charge is 2.33. The van der Waals surface area contributed by atoms with Crippen LogP contribution < -0.4 is 5.14 Å². The van der Waals surface area contributed by atoms with Crippen molar-refractivity contribution in [1.82, 2.24) is 4.90 Å². The monoisotopic (exact) mass is 409 g/mol. The normalized spacial score (nSPS) is 21.3. The minimum Gasteiger partial charge on any atom is -0.497 e. The predicted molar refractivity (Wildman–Crippen MR) is 96.6 cm³/mol. The molecule has 2 N–H and O–H groups in total. The van der Waals surface area contributed by atoms with Crippen molar-refractivity contribution in [2.75, 3.05) is 20.4 Å². The second-order valence-electron chi connectivity index (χ2n) is 6.56. The molecule has 4 rings (SSSR count). The lowest BCUT2D eigenvalue weighted by Gasteiger charge is -2.36. The van der Waals surface area contributed by atoms with Crippen LogP contribution in [0.4, 0.5) is 8.78 Å². The molecule has 10 heteroatoms. The highest BCUT2D eigenvalue weighted by atomic mass is 32.2. The number of allylic oxidation sites excluding steroid dienone is 1. The number of benzene rings is 1. The number of fused-ring (bicyclic) bond motifs is 2. The first-order valence-corrected chi connectivity index (χ1v) is 9.90. The van der Waals surface area contributed by atoms with Crippen molar-refractivity contribution in [3.05, 3.63) is 64.1 Å². The summed E-state index contributed by atoms with van der Waals surface area (Å²) >= 11 is 0. The molecule has 0 bridgehead atoms. The fourth-order valence-corrected chi connectivity index (χ4v) is 3.98. The van der Waals surface area contributed by atoms with Gasteiger partial charge >= 0.3 is 0 Å². The largest absolute Gasteiger partial charge is 0.497 e. The van der Waals surface area contributed by atoms with E-state index in [1.807, 2.05) is 12.2 Å². The van der Waals surface area contributed by atoms with E-state index < -0.39 is 26.6 Å². The van der Waals surface area contributed by atoms with Gasteiger partial charge in [-0.2, -0.15) is 0 Å². The zero-order chi connectivity index (χ0) is 20.1. The number of methoxy groups -OCH3 is 1. The maximum absolute atomic E-state index is 14.5. The lowest BCUT2D eigenvalue weighted by Crippen LogP contribution is -2.36. The van der Waals surface area contributed by atoms with Gasteiger partial charge in [-0.25, -0.2) is 22.3 Å². The summed E-state index contributed by atoms with van der Waals surface area (Å²) < 4.78 is 62.5. The third kappa shape index (κ3) is 3.23. The van der Waals surface area contributed by atoms with Crippen molar-refractivity contribution in [3.8, 4) is 0 Å². The van der Waals surface area contributed by atoms with E-state index in [4.69, 9.17) is 14.6 Å². The molecule has 1 aromatic carbocycles. The minimum atomic E-state index is -4.21. The van der Waals surface area contributed by atoms with Gasteiger partial charge in [0.25, 0.3) is 0 Å². The van der Waals surface area contributed by atoms with Gasteiger partial charge in [-0.1, -0.05) is 0 Å². The van der Waals surface area contributed by atoms with Crippen molar-refractivity contribution in [1.29, 1.82) is 0 Å². The Bertz CT molecular complexity index is 1050. The molecular weight excluding hydrogens is 392 g/mol. The number of hydrogen-bond acceptors (Lipinski definition) is 6. The lowest BCUT2D eigenvalue weighted by atomic mass is 9.98. The zero-order valence-electron chi connectivity index (χ0n) is 14.9. The van der Waals surface area contributed by atoms with Crippen molar-refractivity contribution in [2.24, 2.45) is 10.1 Å². The van der Waals surface area contributed by atoms with Crippen LogP contribution in [-0.2, 0) is 26.0 Å². The van der Waals surface area contributed by atoms with E-state index in [0.717, 1.165) is 29.0 Å². The van der Waals surface area contributed by atoms with Crippen LogP contribution in [0.1, 0.15) is 5.56 Å². The van der Waals surface area contributed by atoms with Gasteiger partial charge in [-0.3, -0.25) is 4.99 Å². The first kappa shape index (κ1) is 18.8. The molecule has 0 fully saturated rings. The molecule has 28 heavy (non-hydrogen) atoms. The molecule has 1 atom stereocenters. The van der Waals surface area contributed by atoms with E-state index in [1.54, 1.807) is 18.2 Å². The fraction of sp³-hybridized carbons (Fsp3) is 0.278. The Morgan fingerprint density at radius 3 is 2.71 bits per heavy atom. The van der Waals surface area contributed by atoms with Gasteiger partial charge in [-0.15, -0.1) is 0 Å². The van der Waals surface area contributed by atoms with Crippen molar-refractivity contribution >= 4 is 16.2 Å². The van der Waals surface area contributed by atoms with Crippen LogP contribution in [0.3, 0.4) is 0 Å². The summed E-state index contributed by atoms with van der Waals surface area (Å²) in [4.78, 5) is 5.52. The third-order valence-corrected chi connectivity index (χ3v) is 5.65. The highest BCUT2D eigenvalue weighted by molar-refractivity contribution is 7.89. The maximum Gasteiger partial charge on any atom is 0.238 e. The number of halogens is 2. The molecule has 0 radical (unpaired) electrons. The first-order chi connectivity index (χ1) is 13.3. The summed E-state index contributed by atoms with van der Waals surface area (Å²) in [7, 11) is -2.66. The van der Waals surface area contributed by atoms with Crippen LogP contribution in [0, 0.1) is 11.6 Å². The van der Waals surface area contributed by atoms with Crippen LogP contribution >= 0.6 is 0 Å². The van der Waals surface area contributed by atoms with Crippen molar-refractivity contribution in [2.45, 2.75) is 17.5 Å². The minimum absolute atomic E-state index is 0.120. The van der Waals surface area contributed by atoms with E-state index in [0.29, 0.717) is 12.4 Å². The maximum atomic E-state index is 14.5. The standard InChI is InChI=1S/C18H17F2N3O4S/c1-26-11-2-13-17(3-11)22-6-10-8-27-9-23(18(10)13)7-14-15(19)4-12(5-16(14)20)28(21,24)25/h2-6,17H,7-9H2,1H3,(H2,21,24,25). The average molecular weight is 409 g/mol. The molecular formula is C18H17F2N3O4S. The molecule has 3 aliphatic rings. The van der Waals surface area contributed by atoms with Gasteiger partial charge in [0, 0.05) is 22.9 Å². The molecule has 0 saturated heterocycles. The van der Waals surface area contributed by atoms with Crippen LogP contribution in [0.5, 0.6) is 0 Å². The van der Waals surface area contributed by atoms with Crippen LogP contribution in [-0.4, -0.2) is 46.0 Å². The van der Waals surface area contributed by atoms with Gasteiger partial charge < -0.3 is 14.4 Å². The molecule has 2 aliphatic heterocycles. The molecule has 7 nitrogen and oxygen atoms in total.